The normalized spacial score (nSPS) is 25.0. The summed E-state index contributed by atoms with van der Waals surface area (Å²) in [5.41, 5.74) is 4.24. The Balaban J connectivity index is 1.76. The van der Waals surface area contributed by atoms with Gasteiger partial charge in [-0.3, -0.25) is 4.98 Å². The van der Waals surface area contributed by atoms with Gasteiger partial charge in [0.1, 0.15) is 11.0 Å². The van der Waals surface area contributed by atoms with E-state index in [1.807, 2.05) is 0 Å². The lowest BCUT2D eigenvalue weighted by Gasteiger charge is -2.46. The number of aliphatic hydroxyl groups is 1. The van der Waals surface area contributed by atoms with E-state index in [9.17, 15) is 24.5 Å². The lowest BCUT2D eigenvalue weighted by Crippen LogP contribution is -2.44. The van der Waals surface area contributed by atoms with Gasteiger partial charge in [-0.2, -0.15) is 0 Å². The average molecular weight is 674 g/mol. The van der Waals surface area contributed by atoms with Gasteiger partial charge in [-0.1, -0.05) is 78.3 Å². The van der Waals surface area contributed by atoms with Crippen LogP contribution >= 0.6 is 10.2 Å². The van der Waals surface area contributed by atoms with Crippen LogP contribution in [-0.4, -0.2) is 31.6 Å². The van der Waals surface area contributed by atoms with E-state index in [0.717, 1.165) is 60.3 Å². The molecule has 1 aromatic carbocycles. The number of aromatic nitrogens is 1. The summed E-state index contributed by atoms with van der Waals surface area (Å²) in [5, 5.41) is 12.1. The molecule has 0 saturated carbocycles. The molecule has 2 aliphatic carbocycles. The van der Waals surface area contributed by atoms with Crippen LogP contribution < -0.4 is 0 Å². The highest BCUT2D eigenvalue weighted by Gasteiger charge is 2.65. The number of benzene rings is 1. The highest BCUT2D eigenvalue weighted by Crippen LogP contribution is 3.02. The number of allylic oxidation sites excluding steroid dienone is 2. The van der Waals surface area contributed by atoms with Crippen LogP contribution in [0.1, 0.15) is 124 Å². The molecule has 1 aliphatic heterocycles. The van der Waals surface area contributed by atoms with Crippen molar-refractivity contribution in [1.29, 1.82) is 0 Å². The fourth-order valence-electron chi connectivity index (χ4n) is 6.88. The molecule has 3 aliphatic rings. The van der Waals surface area contributed by atoms with Gasteiger partial charge in [-0.15, -0.1) is 0 Å². The number of hydrogen-bond donors (Lipinski definition) is 1. The number of fused-ring (bicyclic) bond motifs is 1. The summed E-state index contributed by atoms with van der Waals surface area (Å²) < 4.78 is 80.8. The summed E-state index contributed by atoms with van der Waals surface area (Å²) in [6.45, 7) is 16.6. The predicted octanol–water partition coefficient (Wildman–Crippen LogP) is 11.2. The molecule has 1 fully saturated rings. The zero-order valence-electron chi connectivity index (χ0n) is 27.4. The van der Waals surface area contributed by atoms with Gasteiger partial charge in [0.05, 0.1) is 11.8 Å². The Hall–Kier alpha value is -1.79. The van der Waals surface area contributed by atoms with Crippen LogP contribution in [0.25, 0.3) is 0 Å². The van der Waals surface area contributed by atoms with E-state index in [1.54, 1.807) is 0 Å². The highest BCUT2D eigenvalue weighted by molar-refractivity contribution is 8.45. The molecule has 11 heteroatoms. The number of pyridine rings is 1. The number of rotatable bonds is 7. The number of hydrogen-bond acceptors (Lipinski definition) is 4. The van der Waals surface area contributed by atoms with Gasteiger partial charge < -0.3 is 14.3 Å². The first-order valence-corrected chi connectivity index (χ1v) is 20.8. The highest BCUT2D eigenvalue weighted by atomic mass is 32.5. The van der Waals surface area contributed by atoms with Gasteiger partial charge in [0.2, 0.25) is 0 Å². The first-order valence-electron chi connectivity index (χ1n) is 16.0. The third-order valence-electron chi connectivity index (χ3n) is 10.3. The lowest BCUT2D eigenvalue weighted by atomic mass is 9.70. The minimum atomic E-state index is -9.87. The van der Waals surface area contributed by atoms with E-state index in [1.165, 1.54) is 0 Å². The number of aliphatic hydroxyl groups excluding tert-OH is 1. The molecule has 1 N–H and O–H groups in total. The molecule has 1 saturated heterocycles. The van der Waals surface area contributed by atoms with E-state index in [-0.39, 0.29) is 34.0 Å². The van der Waals surface area contributed by atoms with Crippen molar-refractivity contribution in [3.8, 4) is 0 Å². The Morgan fingerprint density at radius 3 is 2.16 bits per heavy atom. The minimum absolute atomic E-state index is 0.0217. The van der Waals surface area contributed by atoms with E-state index in [0.29, 0.717) is 43.8 Å². The molecule has 0 radical (unpaired) electrons. The van der Waals surface area contributed by atoms with Crippen molar-refractivity contribution >= 4 is 18.5 Å². The van der Waals surface area contributed by atoms with Crippen LogP contribution in [0.3, 0.4) is 0 Å². The first kappa shape index (κ1) is 34.5. The molecule has 1 aromatic heterocycles. The molecule has 45 heavy (non-hydrogen) atoms. The summed E-state index contributed by atoms with van der Waals surface area (Å²) in [6, 6.07) is 2.74. The van der Waals surface area contributed by atoms with Crippen molar-refractivity contribution in [2.45, 2.75) is 120 Å². The van der Waals surface area contributed by atoms with Crippen molar-refractivity contribution < 1.29 is 33.7 Å². The maximum absolute atomic E-state index is 13.6. The van der Waals surface area contributed by atoms with E-state index < -0.39 is 29.5 Å². The van der Waals surface area contributed by atoms with Gasteiger partial charge in [0.15, 0.2) is 8.32 Å². The third-order valence-corrected chi connectivity index (χ3v) is 15.9. The summed E-state index contributed by atoms with van der Waals surface area (Å²) in [6.07, 6.45) is 7.22. The molecule has 2 aromatic rings. The monoisotopic (exact) mass is 673 g/mol. The Labute approximate surface area is 265 Å². The maximum Gasteiger partial charge on any atom is 0.310 e. The zero-order chi connectivity index (χ0) is 33.3. The van der Waals surface area contributed by atoms with Crippen LogP contribution in [0.5, 0.6) is 0 Å². The second kappa shape index (κ2) is 10.9. The fraction of sp³-hybridized carbons (Fsp3) is 0.618. The van der Waals surface area contributed by atoms with Crippen molar-refractivity contribution in [2.75, 3.05) is 13.2 Å². The van der Waals surface area contributed by atoms with Crippen molar-refractivity contribution in [3.63, 3.8) is 0 Å². The largest absolute Gasteiger partial charge is 0.410 e. The molecule has 2 heterocycles. The standard InChI is InChI=1S/C34H48F5NO3SSi/c1-33(2,3)45(6,7)43-27-21-34(4,5)20-26-29(27)28(22-10-8-9-11-22)30(31(40-26)23-16-18-42-19-17-23)32(41)24-12-14-25(15-13-24)44(35,36,37,38)39/h8,10,12-15,22-23,27,32,41H,9,11,16-21H2,1-7H3/t22?,27?,32-/m1/s1. The van der Waals surface area contributed by atoms with Gasteiger partial charge in [0, 0.05) is 41.9 Å². The van der Waals surface area contributed by atoms with Crippen LogP contribution in [0.2, 0.25) is 18.1 Å². The zero-order valence-corrected chi connectivity index (χ0v) is 29.3. The Kier molecular flexibility index (Phi) is 8.34. The Morgan fingerprint density at radius 1 is 1.00 bits per heavy atom. The predicted molar refractivity (Wildman–Crippen MR) is 173 cm³/mol. The minimum Gasteiger partial charge on any atom is -0.410 e. The second-order valence-corrected chi connectivity index (χ2v) is 22.7. The topological polar surface area (TPSA) is 51.6 Å². The van der Waals surface area contributed by atoms with E-state index in [4.69, 9.17) is 14.1 Å². The van der Waals surface area contributed by atoms with Gasteiger partial charge in [-0.05, 0) is 85.3 Å². The summed E-state index contributed by atoms with van der Waals surface area (Å²) in [7, 11) is -12.1. The Bertz CT molecular complexity index is 1460. The maximum atomic E-state index is 13.6. The fourth-order valence-corrected chi connectivity index (χ4v) is 8.79. The van der Waals surface area contributed by atoms with Crippen LogP contribution in [0.15, 0.2) is 41.3 Å². The molecule has 5 rings (SSSR count). The van der Waals surface area contributed by atoms with Crippen LogP contribution in [0, 0.1) is 5.41 Å². The smallest absolute Gasteiger partial charge is 0.310 e. The van der Waals surface area contributed by atoms with Gasteiger partial charge >= 0.3 is 10.2 Å². The quantitative estimate of drug-likeness (QED) is 0.181. The van der Waals surface area contributed by atoms with Crippen LogP contribution in [0.4, 0.5) is 19.4 Å². The number of nitrogens with zero attached hydrogens (tertiary/aromatic N) is 1. The molecule has 3 atom stereocenters. The summed E-state index contributed by atoms with van der Waals surface area (Å²) >= 11 is 0. The number of ether oxygens (including phenoxy) is 1. The third kappa shape index (κ3) is 7.22. The lowest BCUT2D eigenvalue weighted by molar-refractivity contribution is 0.0826. The van der Waals surface area contributed by atoms with Crippen molar-refractivity contribution in [1.82, 2.24) is 4.98 Å². The summed E-state index contributed by atoms with van der Waals surface area (Å²) in [5.74, 6) is -0.0627. The van der Waals surface area contributed by atoms with Crippen LogP contribution in [-0.2, 0) is 15.6 Å². The molecule has 0 bridgehead atoms. The average Bonchev–Trinajstić information content (AvgIpc) is 3.44. The molecule has 0 spiro atoms. The van der Waals surface area contributed by atoms with Gasteiger partial charge in [-0.25, -0.2) is 0 Å². The molecular formula is C34H48F5NO3SSi. The molecule has 252 valence electrons. The Morgan fingerprint density at radius 2 is 1.62 bits per heavy atom. The molecule has 2 unspecified atom stereocenters. The number of halogens is 5. The molecular weight excluding hydrogens is 626 g/mol. The molecule has 4 nitrogen and oxygen atoms in total. The first-order chi connectivity index (χ1) is 20.5. The molecule has 0 amide bonds. The van der Waals surface area contributed by atoms with E-state index >= 15 is 0 Å². The van der Waals surface area contributed by atoms with E-state index in [2.05, 4.69) is 59.9 Å². The van der Waals surface area contributed by atoms with Crippen molar-refractivity contribution in [2.24, 2.45) is 5.41 Å². The van der Waals surface area contributed by atoms with Crippen molar-refractivity contribution in [3.05, 3.63) is 70.1 Å². The second-order valence-electron chi connectivity index (χ2n) is 15.5. The van der Waals surface area contributed by atoms with Gasteiger partial charge in [0.25, 0.3) is 0 Å². The summed E-state index contributed by atoms with van der Waals surface area (Å²) in [4.78, 5) is 3.36. The SMILES string of the molecule is CC1(C)Cc2nc(C3CCOCC3)c([C@H](O)c3ccc(S(F)(F)(F)(F)F)cc3)c(C3C=CCC3)c2C(O[Si](C)(C)C(C)(C)C)C1.